The Morgan fingerprint density at radius 3 is 2.57 bits per heavy atom. The quantitative estimate of drug-likeness (QED) is 0.287. The molecule has 11 nitrogen and oxygen atoms in total. The summed E-state index contributed by atoms with van der Waals surface area (Å²) in [5.74, 6) is 0.272. The fraction of sp³-hybridized carbons (Fsp3) is 0.474. The van der Waals surface area contributed by atoms with Gasteiger partial charge in [0.25, 0.3) is 0 Å². The Morgan fingerprint density at radius 1 is 1.17 bits per heavy atom. The summed E-state index contributed by atoms with van der Waals surface area (Å²) < 4.78 is 5.18. The summed E-state index contributed by atoms with van der Waals surface area (Å²) in [5, 5.41) is 23.3. The Hall–Kier alpha value is -3.02. The number of nitrogens with one attached hydrogen (secondary N) is 1. The Bertz CT molecular complexity index is 829. The van der Waals surface area contributed by atoms with E-state index in [1.807, 2.05) is 23.1 Å². The van der Waals surface area contributed by atoms with Crippen molar-refractivity contribution in [1.82, 2.24) is 14.9 Å². The second kappa shape index (κ2) is 10.7. The number of nitrogens with zero attached hydrogens (tertiary/aromatic N) is 5. The van der Waals surface area contributed by atoms with Gasteiger partial charge >= 0.3 is 5.69 Å². The highest BCUT2D eigenvalue weighted by Crippen LogP contribution is 2.32. The molecule has 0 saturated carbocycles. The molecule has 1 aromatic carbocycles. The lowest BCUT2D eigenvalue weighted by Crippen LogP contribution is -2.46. The molecule has 0 amide bonds. The minimum absolute atomic E-state index is 0.0542. The second-order valence-electron chi connectivity index (χ2n) is 6.87. The highest BCUT2D eigenvalue weighted by Gasteiger charge is 2.29. The van der Waals surface area contributed by atoms with Gasteiger partial charge in [-0.1, -0.05) is 30.3 Å². The van der Waals surface area contributed by atoms with E-state index in [4.69, 9.17) is 15.6 Å². The molecule has 0 unspecified atom stereocenters. The maximum Gasteiger partial charge on any atom is 0.353 e. The van der Waals surface area contributed by atoms with Gasteiger partial charge in [0.2, 0.25) is 17.6 Å². The SMILES string of the molecule is Nc1nc(NCCOCCO)nc(N2CCN(Cc3ccccc3)CC2)c1[N+](=O)[O-]. The van der Waals surface area contributed by atoms with Crippen LogP contribution in [0.25, 0.3) is 0 Å². The molecule has 1 aromatic heterocycles. The number of anilines is 3. The van der Waals surface area contributed by atoms with Gasteiger partial charge < -0.3 is 25.8 Å². The first kappa shape index (κ1) is 21.7. The monoisotopic (exact) mass is 417 g/mol. The lowest BCUT2D eigenvalue weighted by atomic mass is 10.2. The van der Waals surface area contributed by atoms with Crippen molar-refractivity contribution in [3.05, 3.63) is 46.0 Å². The first-order valence-corrected chi connectivity index (χ1v) is 9.84. The molecular formula is C19H27N7O4. The number of ether oxygens (including phenoxy) is 1. The highest BCUT2D eigenvalue weighted by molar-refractivity contribution is 5.71. The summed E-state index contributed by atoms with van der Waals surface area (Å²) in [7, 11) is 0. The van der Waals surface area contributed by atoms with Crippen molar-refractivity contribution in [2.45, 2.75) is 6.54 Å². The molecule has 1 aliphatic heterocycles. The third kappa shape index (κ3) is 5.75. The van der Waals surface area contributed by atoms with Gasteiger partial charge in [0.1, 0.15) is 0 Å². The van der Waals surface area contributed by atoms with E-state index in [0.717, 1.165) is 19.6 Å². The molecule has 2 heterocycles. The van der Waals surface area contributed by atoms with Crippen LogP contribution in [0.15, 0.2) is 30.3 Å². The fourth-order valence-electron chi connectivity index (χ4n) is 3.30. The predicted octanol–water partition coefficient (Wildman–Crippen LogP) is 0.710. The van der Waals surface area contributed by atoms with Gasteiger partial charge in [0, 0.05) is 39.3 Å². The second-order valence-corrected chi connectivity index (χ2v) is 6.87. The molecule has 11 heteroatoms. The van der Waals surface area contributed by atoms with E-state index in [-0.39, 0.29) is 36.5 Å². The van der Waals surface area contributed by atoms with Gasteiger partial charge in [-0.05, 0) is 5.56 Å². The van der Waals surface area contributed by atoms with E-state index in [0.29, 0.717) is 26.2 Å². The summed E-state index contributed by atoms with van der Waals surface area (Å²) in [6, 6.07) is 10.2. The van der Waals surface area contributed by atoms with Crippen LogP contribution in [-0.4, -0.2) is 77.4 Å². The van der Waals surface area contributed by atoms with Crippen LogP contribution < -0.4 is 16.0 Å². The molecule has 0 aliphatic carbocycles. The zero-order valence-corrected chi connectivity index (χ0v) is 16.7. The number of nitrogen functional groups attached to an aromatic ring is 1. The standard InChI is InChI=1S/C19H27N7O4/c20-17-16(26(28)29)18(23-19(22-17)21-6-12-30-13-11-27)25-9-7-24(8-10-25)14-15-4-2-1-3-5-15/h1-5,27H,6-14H2,(H3,20,21,22,23). The summed E-state index contributed by atoms with van der Waals surface area (Å²) in [4.78, 5) is 23.6. The van der Waals surface area contributed by atoms with Crippen LogP contribution >= 0.6 is 0 Å². The molecule has 0 atom stereocenters. The van der Waals surface area contributed by atoms with Crippen LogP contribution in [0, 0.1) is 10.1 Å². The summed E-state index contributed by atoms with van der Waals surface area (Å²) >= 11 is 0. The first-order valence-electron chi connectivity index (χ1n) is 9.84. The number of benzene rings is 1. The number of nitro groups is 1. The molecule has 4 N–H and O–H groups in total. The van der Waals surface area contributed by atoms with E-state index in [1.54, 1.807) is 0 Å². The predicted molar refractivity (Wildman–Crippen MR) is 113 cm³/mol. The number of aliphatic hydroxyl groups excluding tert-OH is 1. The van der Waals surface area contributed by atoms with Crippen LogP contribution in [0.1, 0.15) is 5.56 Å². The van der Waals surface area contributed by atoms with Gasteiger partial charge in [-0.25, -0.2) is 0 Å². The Kier molecular flexibility index (Phi) is 7.71. The Labute approximate surface area is 174 Å². The van der Waals surface area contributed by atoms with E-state index in [9.17, 15) is 10.1 Å². The third-order valence-corrected chi connectivity index (χ3v) is 4.76. The number of piperazine rings is 1. The Balaban J connectivity index is 1.66. The number of rotatable bonds is 10. The summed E-state index contributed by atoms with van der Waals surface area (Å²) in [6.45, 7) is 4.47. The molecule has 2 aromatic rings. The smallest absolute Gasteiger partial charge is 0.353 e. The van der Waals surface area contributed by atoms with Crippen molar-refractivity contribution >= 4 is 23.3 Å². The molecule has 0 bridgehead atoms. The van der Waals surface area contributed by atoms with Gasteiger partial charge in [-0.15, -0.1) is 0 Å². The van der Waals surface area contributed by atoms with Gasteiger partial charge in [0.15, 0.2) is 0 Å². The van der Waals surface area contributed by atoms with Crippen molar-refractivity contribution in [2.75, 3.05) is 68.5 Å². The number of aromatic nitrogens is 2. The van der Waals surface area contributed by atoms with E-state index >= 15 is 0 Å². The topological polar surface area (TPSA) is 143 Å². The van der Waals surface area contributed by atoms with Crippen LogP contribution in [0.2, 0.25) is 0 Å². The minimum Gasteiger partial charge on any atom is -0.394 e. The van der Waals surface area contributed by atoms with Gasteiger partial charge in [-0.3, -0.25) is 15.0 Å². The van der Waals surface area contributed by atoms with Crippen molar-refractivity contribution < 1.29 is 14.8 Å². The van der Waals surface area contributed by atoms with Crippen LogP contribution in [0.3, 0.4) is 0 Å². The lowest BCUT2D eigenvalue weighted by molar-refractivity contribution is -0.383. The maximum atomic E-state index is 11.6. The third-order valence-electron chi connectivity index (χ3n) is 4.76. The maximum absolute atomic E-state index is 11.6. The van der Waals surface area contributed by atoms with Gasteiger partial charge in [0.05, 0.1) is 24.7 Å². The first-order chi connectivity index (χ1) is 14.6. The zero-order chi connectivity index (χ0) is 21.3. The van der Waals surface area contributed by atoms with Crippen LogP contribution in [0.4, 0.5) is 23.3 Å². The van der Waals surface area contributed by atoms with E-state index in [1.165, 1.54) is 5.56 Å². The number of nitrogens with two attached hydrogens (primary N) is 1. The van der Waals surface area contributed by atoms with Crippen molar-refractivity contribution in [1.29, 1.82) is 0 Å². The number of aliphatic hydroxyl groups is 1. The van der Waals surface area contributed by atoms with Crippen LogP contribution in [-0.2, 0) is 11.3 Å². The normalized spacial score (nSPS) is 14.6. The Morgan fingerprint density at radius 2 is 1.90 bits per heavy atom. The van der Waals surface area contributed by atoms with Crippen molar-refractivity contribution in [3.63, 3.8) is 0 Å². The molecule has 162 valence electrons. The molecule has 1 saturated heterocycles. The summed E-state index contributed by atoms with van der Waals surface area (Å²) in [6.07, 6.45) is 0. The lowest BCUT2D eigenvalue weighted by Gasteiger charge is -2.35. The average molecular weight is 417 g/mol. The van der Waals surface area contributed by atoms with Crippen molar-refractivity contribution in [3.8, 4) is 0 Å². The number of hydrogen-bond acceptors (Lipinski definition) is 10. The van der Waals surface area contributed by atoms with E-state index < -0.39 is 4.92 Å². The molecule has 1 aliphatic rings. The number of hydrogen-bond donors (Lipinski definition) is 3. The highest BCUT2D eigenvalue weighted by atomic mass is 16.6. The van der Waals surface area contributed by atoms with Gasteiger partial charge in [-0.2, -0.15) is 9.97 Å². The molecule has 0 radical (unpaired) electrons. The summed E-state index contributed by atoms with van der Waals surface area (Å²) in [5.41, 5.74) is 6.84. The van der Waals surface area contributed by atoms with Crippen LogP contribution in [0.5, 0.6) is 0 Å². The molecule has 0 spiro atoms. The molecule has 1 fully saturated rings. The largest absolute Gasteiger partial charge is 0.394 e. The molecular weight excluding hydrogens is 390 g/mol. The van der Waals surface area contributed by atoms with Crippen molar-refractivity contribution in [2.24, 2.45) is 0 Å². The molecule has 3 rings (SSSR count). The zero-order valence-electron chi connectivity index (χ0n) is 16.7. The minimum atomic E-state index is -0.533. The van der Waals surface area contributed by atoms with E-state index in [2.05, 4.69) is 32.3 Å². The molecule has 30 heavy (non-hydrogen) atoms. The fourth-order valence-corrected chi connectivity index (χ4v) is 3.30. The average Bonchev–Trinajstić information content (AvgIpc) is 2.74.